The Bertz CT molecular complexity index is 426. The summed E-state index contributed by atoms with van der Waals surface area (Å²) < 4.78 is 13.5. The van der Waals surface area contributed by atoms with Gasteiger partial charge >= 0.3 is 0 Å². The Morgan fingerprint density at radius 3 is 2.61 bits per heavy atom. The largest absolute Gasteiger partial charge is 0.293 e. The smallest absolute Gasteiger partial charge is 0.179 e. The minimum absolute atomic E-state index is 0.111. The Hall–Kier alpha value is -1.22. The van der Waals surface area contributed by atoms with E-state index < -0.39 is 5.82 Å². The number of halogens is 1. The van der Waals surface area contributed by atoms with Gasteiger partial charge in [-0.25, -0.2) is 4.39 Å². The summed E-state index contributed by atoms with van der Waals surface area (Å²) in [6.07, 6.45) is 2.33. The van der Waals surface area contributed by atoms with E-state index in [4.69, 9.17) is 0 Å². The maximum absolute atomic E-state index is 13.5. The third kappa shape index (κ3) is 3.39. The molecular weight excluding hydrogens is 229 g/mol. The van der Waals surface area contributed by atoms with Gasteiger partial charge in [0.25, 0.3) is 0 Å². The van der Waals surface area contributed by atoms with Crippen LogP contribution in [0.4, 0.5) is 4.39 Å². The van der Waals surface area contributed by atoms with Gasteiger partial charge < -0.3 is 0 Å². The molecule has 0 aromatic heterocycles. The lowest BCUT2D eigenvalue weighted by Crippen LogP contribution is -2.35. The quantitative estimate of drug-likeness (QED) is 0.722. The van der Waals surface area contributed by atoms with Crippen LogP contribution in [0.2, 0.25) is 0 Å². The van der Waals surface area contributed by atoms with Gasteiger partial charge in [-0.1, -0.05) is 26.0 Å². The van der Waals surface area contributed by atoms with Crippen LogP contribution in [-0.2, 0) is 0 Å². The molecule has 1 aromatic rings. The van der Waals surface area contributed by atoms with Crippen molar-refractivity contribution in [3.63, 3.8) is 0 Å². The van der Waals surface area contributed by atoms with E-state index in [1.54, 1.807) is 18.2 Å². The summed E-state index contributed by atoms with van der Waals surface area (Å²) in [7, 11) is 0. The summed E-state index contributed by atoms with van der Waals surface area (Å²) in [6.45, 7) is 5.53. The first-order valence-electron chi connectivity index (χ1n) is 6.59. The lowest BCUT2D eigenvalue weighted by atomic mass is 10.1. The number of ketones is 1. The number of Topliss-reactive ketones (excluding diaryl/α,β-unsaturated/α-hetero) is 1. The normalized spacial score (nSPS) is 15.4. The fourth-order valence-corrected chi connectivity index (χ4v) is 2.21. The number of benzene rings is 1. The topological polar surface area (TPSA) is 20.3 Å². The molecule has 3 heteroatoms. The van der Waals surface area contributed by atoms with Crippen molar-refractivity contribution < 1.29 is 9.18 Å². The summed E-state index contributed by atoms with van der Waals surface area (Å²) >= 11 is 0. The Balaban J connectivity index is 2.03. The molecule has 1 saturated carbocycles. The maximum Gasteiger partial charge on any atom is 0.179 e. The Morgan fingerprint density at radius 2 is 2.06 bits per heavy atom. The molecule has 0 N–H and O–H groups in total. The SMILES string of the molecule is CC(C)CN(CC(=O)c1ccccc1F)C1CC1. The number of rotatable bonds is 6. The number of nitrogens with zero attached hydrogens (tertiary/aromatic N) is 1. The zero-order chi connectivity index (χ0) is 13.1. The van der Waals surface area contributed by atoms with Crippen LogP contribution in [0, 0.1) is 11.7 Å². The van der Waals surface area contributed by atoms with Gasteiger partial charge in [0.05, 0.1) is 12.1 Å². The van der Waals surface area contributed by atoms with Crippen LogP contribution in [0.25, 0.3) is 0 Å². The molecular formula is C15H20FNO. The van der Waals surface area contributed by atoms with Crippen LogP contribution in [0.3, 0.4) is 0 Å². The second kappa shape index (κ2) is 5.61. The van der Waals surface area contributed by atoms with Gasteiger partial charge in [-0.05, 0) is 30.9 Å². The third-order valence-corrected chi connectivity index (χ3v) is 3.18. The molecule has 2 rings (SSSR count). The first-order valence-corrected chi connectivity index (χ1v) is 6.59. The standard InChI is InChI=1S/C15H20FNO/c1-11(2)9-17(12-7-8-12)10-15(18)13-5-3-4-6-14(13)16/h3-6,11-12H,7-10H2,1-2H3. The fourth-order valence-electron chi connectivity index (χ4n) is 2.21. The number of carbonyl (C=O) groups excluding carboxylic acids is 1. The highest BCUT2D eigenvalue weighted by molar-refractivity contribution is 5.97. The summed E-state index contributed by atoms with van der Waals surface area (Å²) in [4.78, 5) is 14.3. The van der Waals surface area contributed by atoms with Crippen LogP contribution < -0.4 is 0 Å². The first kappa shape index (κ1) is 13.2. The summed E-state index contributed by atoms with van der Waals surface area (Å²) in [6, 6.07) is 6.76. The molecule has 0 atom stereocenters. The van der Waals surface area contributed by atoms with Crippen LogP contribution in [0.5, 0.6) is 0 Å². The number of carbonyl (C=O) groups is 1. The highest BCUT2D eigenvalue weighted by Gasteiger charge is 2.31. The molecule has 98 valence electrons. The molecule has 0 amide bonds. The van der Waals surface area contributed by atoms with Gasteiger partial charge in [-0.3, -0.25) is 9.69 Å². The predicted molar refractivity (Wildman–Crippen MR) is 70.2 cm³/mol. The number of hydrogen-bond donors (Lipinski definition) is 0. The number of hydrogen-bond acceptors (Lipinski definition) is 2. The van der Waals surface area contributed by atoms with Crippen molar-refractivity contribution in [1.29, 1.82) is 0 Å². The molecule has 1 aliphatic rings. The molecule has 0 radical (unpaired) electrons. The summed E-state index contributed by atoms with van der Waals surface area (Å²) in [5.41, 5.74) is 0.215. The van der Waals surface area contributed by atoms with E-state index in [-0.39, 0.29) is 11.3 Å². The predicted octanol–water partition coefficient (Wildman–Crippen LogP) is 3.13. The Morgan fingerprint density at radius 1 is 1.39 bits per heavy atom. The van der Waals surface area contributed by atoms with E-state index in [9.17, 15) is 9.18 Å². The van der Waals surface area contributed by atoms with E-state index >= 15 is 0 Å². The van der Waals surface area contributed by atoms with Crippen molar-refractivity contribution in [2.75, 3.05) is 13.1 Å². The van der Waals surface area contributed by atoms with Crippen molar-refractivity contribution in [2.24, 2.45) is 5.92 Å². The van der Waals surface area contributed by atoms with E-state index in [1.807, 2.05) is 0 Å². The van der Waals surface area contributed by atoms with Gasteiger partial charge in [0, 0.05) is 12.6 Å². The van der Waals surface area contributed by atoms with Gasteiger partial charge in [-0.2, -0.15) is 0 Å². The van der Waals surface area contributed by atoms with Gasteiger partial charge in [0.1, 0.15) is 5.82 Å². The van der Waals surface area contributed by atoms with E-state index in [1.165, 1.54) is 6.07 Å². The third-order valence-electron chi connectivity index (χ3n) is 3.18. The van der Waals surface area contributed by atoms with Crippen LogP contribution in [0.1, 0.15) is 37.0 Å². The molecule has 0 heterocycles. The minimum atomic E-state index is -0.414. The van der Waals surface area contributed by atoms with Crippen LogP contribution in [-0.4, -0.2) is 29.8 Å². The van der Waals surface area contributed by atoms with E-state index in [2.05, 4.69) is 18.7 Å². The molecule has 2 nitrogen and oxygen atoms in total. The Kier molecular flexibility index (Phi) is 4.12. The highest BCUT2D eigenvalue weighted by Crippen LogP contribution is 2.27. The molecule has 18 heavy (non-hydrogen) atoms. The van der Waals surface area contributed by atoms with Crippen molar-refractivity contribution in [1.82, 2.24) is 4.90 Å². The lowest BCUT2D eigenvalue weighted by Gasteiger charge is -2.23. The molecule has 0 bridgehead atoms. The van der Waals surface area contributed by atoms with E-state index in [0.717, 1.165) is 19.4 Å². The molecule has 1 aromatic carbocycles. The maximum atomic E-state index is 13.5. The fraction of sp³-hybridized carbons (Fsp3) is 0.533. The minimum Gasteiger partial charge on any atom is -0.293 e. The van der Waals surface area contributed by atoms with E-state index in [0.29, 0.717) is 18.5 Å². The molecule has 0 spiro atoms. The van der Waals surface area contributed by atoms with Crippen molar-refractivity contribution in [2.45, 2.75) is 32.7 Å². The van der Waals surface area contributed by atoms with Gasteiger partial charge in [0.2, 0.25) is 0 Å². The summed E-state index contributed by atoms with van der Waals surface area (Å²) in [5.74, 6) is 0.00228. The van der Waals surface area contributed by atoms with Crippen LogP contribution in [0.15, 0.2) is 24.3 Å². The molecule has 0 aliphatic heterocycles. The lowest BCUT2D eigenvalue weighted by molar-refractivity contribution is 0.0911. The average molecular weight is 249 g/mol. The zero-order valence-electron chi connectivity index (χ0n) is 11.0. The summed E-state index contributed by atoms with van der Waals surface area (Å²) in [5, 5.41) is 0. The average Bonchev–Trinajstić information content (AvgIpc) is 3.11. The highest BCUT2D eigenvalue weighted by atomic mass is 19.1. The second-order valence-corrected chi connectivity index (χ2v) is 5.46. The monoisotopic (exact) mass is 249 g/mol. The molecule has 1 aliphatic carbocycles. The van der Waals surface area contributed by atoms with Crippen molar-refractivity contribution >= 4 is 5.78 Å². The Labute approximate surface area is 108 Å². The first-order chi connectivity index (χ1) is 8.58. The van der Waals surface area contributed by atoms with Gasteiger partial charge in [0.15, 0.2) is 5.78 Å². The van der Waals surface area contributed by atoms with Gasteiger partial charge in [-0.15, -0.1) is 0 Å². The molecule has 1 fully saturated rings. The van der Waals surface area contributed by atoms with Crippen molar-refractivity contribution in [3.8, 4) is 0 Å². The van der Waals surface area contributed by atoms with Crippen LogP contribution >= 0.6 is 0 Å². The zero-order valence-corrected chi connectivity index (χ0v) is 11.0. The second-order valence-electron chi connectivity index (χ2n) is 5.46. The van der Waals surface area contributed by atoms with Crippen molar-refractivity contribution in [3.05, 3.63) is 35.6 Å². The molecule has 0 saturated heterocycles. The molecule has 0 unspecified atom stereocenters.